The van der Waals surface area contributed by atoms with Crippen LogP contribution >= 0.6 is 0 Å². The minimum atomic E-state index is -0.420. The van der Waals surface area contributed by atoms with Gasteiger partial charge < -0.3 is 21.1 Å². The number of rotatable bonds is 3. The Bertz CT molecular complexity index is 559. The van der Waals surface area contributed by atoms with E-state index in [9.17, 15) is 4.79 Å². The maximum absolute atomic E-state index is 11.8. The third-order valence-electron chi connectivity index (χ3n) is 4.28. The number of anilines is 1. The third kappa shape index (κ3) is 2.73. The second kappa shape index (κ2) is 5.61. The van der Waals surface area contributed by atoms with Gasteiger partial charge in [0.05, 0.1) is 18.3 Å². The lowest BCUT2D eigenvalue weighted by atomic mass is 10.1. The molecule has 0 aromatic carbocycles. The highest BCUT2D eigenvalue weighted by Crippen LogP contribution is 2.28. The van der Waals surface area contributed by atoms with Crippen LogP contribution < -0.4 is 16.4 Å². The molecular weight excluding hydrogens is 268 g/mol. The number of primary amides is 1. The molecule has 4 N–H and O–H groups in total. The van der Waals surface area contributed by atoms with Crippen LogP contribution in [0.1, 0.15) is 35.0 Å². The predicted molar refractivity (Wildman–Crippen MR) is 80.4 cm³/mol. The number of hydrogen-bond donors (Lipinski definition) is 2. The van der Waals surface area contributed by atoms with Gasteiger partial charge in [0.2, 0.25) is 0 Å². The summed E-state index contributed by atoms with van der Waals surface area (Å²) in [5.74, 6) is 0.271. The standard InChI is InChI=1S/C15H22N4O2/c1-9(16)13-8-19(5-6-21-13)15-11(14(17)20)7-10-3-2-4-12(10)18-15/h7,9,13H,2-6,8,16H2,1H3,(H2,17,20). The van der Waals surface area contributed by atoms with Crippen molar-refractivity contribution in [1.29, 1.82) is 0 Å². The van der Waals surface area contributed by atoms with Gasteiger partial charge in [0.1, 0.15) is 5.82 Å². The Labute approximate surface area is 124 Å². The van der Waals surface area contributed by atoms with Gasteiger partial charge in [0, 0.05) is 24.8 Å². The van der Waals surface area contributed by atoms with Crippen molar-refractivity contribution >= 4 is 11.7 Å². The zero-order valence-electron chi connectivity index (χ0n) is 12.3. The number of pyridine rings is 1. The predicted octanol–water partition coefficient (Wildman–Crippen LogP) is 0.222. The first kappa shape index (κ1) is 14.3. The smallest absolute Gasteiger partial charge is 0.252 e. The molecule has 114 valence electrons. The number of morpholine rings is 1. The van der Waals surface area contributed by atoms with E-state index in [-0.39, 0.29) is 12.1 Å². The van der Waals surface area contributed by atoms with Crippen molar-refractivity contribution < 1.29 is 9.53 Å². The first-order valence-electron chi connectivity index (χ1n) is 7.51. The molecule has 2 unspecified atom stereocenters. The van der Waals surface area contributed by atoms with Crippen LogP contribution in [-0.2, 0) is 17.6 Å². The van der Waals surface area contributed by atoms with E-state index in [1.165, 1.54) is 0 Å². The number of fused-ring (bicyclic) bond motifs is 1. The lowest BCUT2D eigenvalue weighted by Crippen LogP contribution is -2.50. The van der Waals surface area contributed by atoms with Gasteiger partial charge in [0.25, 0.3) is 5.91 Å². The van der Waals surface area contributed by atoms with Crippen LogP contribution in [0, 0.1) is 0 Å². The van der Waals surface area contributed by atoms with Gasteiger partial charge in [-0.05, 0) is 37.8 Å². The average molecular weight is 290 g/mol. The quantitative estimate of drug-likeness (QED) is 0.830. The van der Waals surface area contributed by atoms with Gasteiger partial charge in [-0.3, -0.25) is 4.79 Å². The molecule has 1 saturated heterocycles. The molecule has 1 aromatic heterocycles. The molecule has 1 aliphatic carbocycles. The molecule has 0 bridgehead atoms. The third-order valence-corrected chi connectivity index (χ3v) is 4.28. The van der Waals surface area contributed by atoms with E-state index in [0.29, 0.717) is 31.1 Å². The van der Waals surface area contributed by atoms with Crippen LogP contribution in [0.3, 0.4) is 0 Å². The van der Waals surface area contributed by atoms with Crippen LogP contribution in [0.2, 0.25) is 0 Å². The van der Waals surface area contributed by atoms with Gasteiger partial charge in [-0.25, -0.2) is 4.98 Å². The molecule has 2 atom stereocenters. The second-order valence-corrected chi connectivity index (χ2v) is 5.90. The Morgan fingerprint density at radius 3 is 3.05 bits per heavy atom. The number of hydrogen-bond acceptors (Lipinski definition) is 5. The number of carbonyl (C=O) groups excluding carboxylic acids is 1. The molecular formula is C15H22N4O2. The highest BCUT2D eigenvalue weighted by Gasteiger charge is 2.28. The fraction of sp³-hybridized carbons (Fsp3) is 0.600. The number of ether oxygens (including phenoxy) is 1. The topological polar surface area (TPSA) is 94.5 Å². The highest BCUT2D eigenvalue weighted by molar-refractivity contribution is 5.98. The van der Waals surface area contributed by atoms with E-state index in [4.69, 9.17) is 21.2 Å². The summed E-state index contributed by atoms with van der Waals surface area (Å²) in [4.78, 5) is 18.6. The van der Waals surface area contributed by atoms with Crippen molar-refractivity contribution in [2.24, 2.45) is 11.5 Å². The van der Waals surface area contributed by atoms with Crippen LogP contribution in [-0.4, -0.2) is 42.7 Å². The fourth-order valence-electron chi connectivity index (χ4n) is 3.07. The molecule has 0 spiro atoms. The van der Waals surface area contributed by atoms with Gasteiger partial charge in [-0.2, -0.15) is 0 Å². The molecule has 6 nitrogen and oxygen atoms in total. The van der Waals surface area contributed by atoms with Crippen molar-refractivity contribution in [3.63, 3.8) is 0 Å². The van der Waals surface area contributed by atoms with Crippen molar-refractivity contribution in [1.82, 2.24) is 4.98 Å². The fourth-order valence-corrected chi connectivity index (χ4v) is 3.07. The van der Waals surface area contributed by atoms with Crippen molar-refractivity contribution in [2.75, 3.05) is 24.6 Å². The lowest BCUT2D eigenvalue weighted by Gasteiger charge is -2.36. The van der Waals surface area contributed by atoms with Gasteiger partial charge >= 0.3 is 0 Å². The number of nitrogens with zero attached hydrogens (tertiary/aromatic N) is 2. The maximum Gasteiger partial charge on any atom is 0.252 e. The molecule has 0 radical (unpaired) electrons. The number of carbonyl (C=O) groups is 1. The summed E-state index contributed by atoms with van der Waals surface area (Å²) in [6.07, 6.45) is 3.00. The first-order valence-corrected chi connectivity index (χ1v) is 7.51. The molecule has 1 aliphatic heterocycles. The Balaban J connectivity index is 1.95. The lowest BCUT2D eigenvalue weighted by molar-refractivity contribution is 0.0273. The van der Waals surface area contributed by atoms with Gasteiger partial charge in [-0.15, -0.1) is 0 Å². The Morgan fingerprint density at radius 2 is 2.33 bits per heavy atom. The summed E-state index contributed by atoms with van der Waals surface area (Å²) in [5, 5.41) is 0. The summed E-state index contributed by atoms with van der Waals surface area (Å²) in [5.41, 5.74) is 14.2. The summed E-state index contributed by atoms with van der Waals surface area (Å²) in [6, 6.07) is 1.86. The van der Waals surface area contributed by atoms with E-state index in [2.05, 4.69) is 4.90 Å². The molecule has 3 rings (SSSR count). The minimum Gasteiger partial charge on any atom is -0.373 e. The van der Waals surface area contributed by atoms with Crippen LogP contribution in [0.25, 0.3) is 0 Å². The van der Waals surface area contributed by atoms with Crippen LogP contribution in [0.5, 0.6) is 0 Å². The highest BCUT2D eigenvalue weighted by atomic mass is 16.5. The zero-order chi connectivity index (χ0) is 15.0. The van der Waals surface area contributed by atoms with Crippen molar-refractivity contribution in [3.05, 3.63) is 22.9 Å². The van der Waals surface area contributed by atoms with Gasteiger partial charge in [0.15, 0.2) is 0 Å². The normalized spacial score (nSPS) is 23.0. The van der Waals surface area contributed by atoms with E-state index in [1.54, 1.807) is 0 Å². The second-order valence-electron chi connectivity index (χ2n) is 5.90. The maximum atomic E-state index is 11.8. The molecule has 2 heterocycles. The van der Waals surface area contributed by atoms with E-state index in [0.717, 1.165) is 30.5 Å². The summed E-state index contributed by atoms with van der Waals surface area (Å²) >= 11 is 0. The Kier molecular flexibility index (Phi) is 3.82. The van der Waals surface area contributed by atoms with Crippen LogP contribution in [0.4, 0.5) is 5.82 Å². The zero-order valence-corrected chi connectivity index (χ0v) is 12.3. The molecule has 21 heavy (non-hydrogen) atoms. The number of nitrogens with two attached hydrogens (primary N) is 2. The summed E-state index contributed by atoms with van der Waals surface area (Å²) in [7, 11) is 0. The molecule has 1 fully saturated rings. The number of aryl methyl sites for hydroxylation is 2. The van der Waals surface area contributed by atoms with E-state index < -0.39 is 5.91 Å². The Morgan fingerprint density at radius 1 is 1.52 bits per heavy atom. The molecule has 2 aliphatic rings. The number of aromatic nitrogens is 1. The average Bonchev–Trinajstić information content (AvgIpc) is 2.93. The molecule has 0 saturated carbocycles. The minimum absolute atomic E-state index is 0.0467. The molecule has 1 aromatic rings. The molecule has 6 heteroatoms. The Hall–Kier alpha value is -1.66. The molecule has 1 amide bonds. The monoisotopic (exact) mass is 290 g/mol. The summed E-state index contributed by atoms with van der Waals surface area (Å²) in [6.45, 7) is 3.86. The van der Waals surface area contributed by atoms with E-state index in [1.807, 2.05) is 13.0 Å². The largest absolute Gasteiger partial charge is 0.373 e. The van der Waals surface area contributed by atoms with Crippen molar-refractivity contribution in [2.45, 2.75) is 38.3 Å². The summed E-state index contributed by atoms with van der Waals surface area (Å²) < 4.78 is 5.67. The first-order chi connectivity index (χ1) is 10.1. The van der Waals surface area contributed by atoms with Crippen LogP contribution in [0.15, 0.2) is 6.07 Å². The number of amides is 1. The SMILES string of the molecule is CC(N)C1CN(c2nc3c(cc2C(N)=O)CCC3)CCO1. The van der Waals surface area contributed by atoms with Gasteiger partial charge in [-0.1, -0.05) is 0 Å². The van der Waals surface area contributed by atoms with Crippen molar-refractivity contribution in [3.8, 4) is 0 Å². The van der Waals surface area contributed by atoms with E-state index >= 15 is 0 Å².